The summed E-state index contributed by atoms with van der Waals surface area (Å²) >= 11 is 3.94. The van der Waals surface area contributed by atoms with Crippen molar-refractivity contribution >= 4 is 39.1 Å². The summed E-state index contributed by atoms with van der Waals surface area (Å²) in [7, 11) is 0. The Morgan fingerprint density at radius 2 is 2.15 bits per heavy atom. The Bertz CT molecular complexity index is 938. The summed E-state index contributed by atoms with van der Waals surface area (Å²) in [6, 6.07) is 4.53. The van der Waals surface area contributed by atoms with Gasteiger partial charge in [0, 0.05) is 41.2 Å². The van der Waals surface area contributed by atoms with Gasteiger partial charge in [-0.05, 0) is 56.1 Å². The molecule has 4 heterocycles. The van der Waals surface area contributed by atoms with Crippen molar-refractivity contribution in [3.05, 3.63) is 35.0 Å². The molecule has 0 aromatic carbocycles. The first-order valence-corrected chi connectivity index (χ1v) is 11.4. The summed E-state index contributed by atoms with van der Waals surface area (Å²) in [6.45, 7) is 3.41. The molecule has 0 saturated carbocycles. The van der Waals surface area contributed by atoms with Crippen LogP contribution in [0.1, 0.15) is 30.2 Å². The second-order valence-electron chi connectivity index (χ2n) is 7.09. The molecule has 3 aromatic rings. The molecule has 0 amide bonds. The van der Waals surface area contributed by atoms with E-state index in [0.29, 0.717) is 6.04 Å². The van der Waals surface area contributed by atoms with Crippen LogP contribution in [-0.2, 0) is 12.8 Å². The van der Waals surface area contributed by atoms with E-state index in [1.54, 1.807) is 6.20 Å². The van der Waals surface area contributed by atoms with Crippen molar-refractivity contribution in [3.8, 4) is 11.4 Å². The van der Waals surface area contributed by atoms with Crippen molar-refractivity contribution in [1.82, 2.24) is 15.0 Å². The van der Waals surface area contributed by atoms with E-state index >= 15 is 0 Å². The first kappa shape index (κ1) is 16.5. The lowest BCUT2D eigenvalue weighted by molar-refractivity contribution is 0.640. The predicted octanol–water partition coefficient (Wildman–Crippen LogP) is 4.57. The summed E-state index contributed by atoms with van der Waals surface area (Å²) in [5.74, 6) is 4.38. The van der Waals surface area contributed by atoms with Crippen LogP contribution in [0.5, 0.6) is 0 Å². The van der Waals surface area contributed by atoms with Crippen LogP contribution in [0.3, 0.4) is 0 Å². The summed E-state index contributed by atoms with van der Waals surface area (Å²) in [5.41, 5.74) is 2.52. The zero-order valence-electron chi connectivity index (χ0n) is 14.9. The maximum absolute atomic E-state index is 5.11. The van der Waals surface area contributed by atoms with Crippen molar-refractivity contribution in [3.63, 3.8) is 0 Å². The lowest BCUT2D eigenvalue weighted by atomic mass is 10.1. The summed E-state index contributed by atoms with van der Waals surface area (Å²) in [5, 5.41) is 1.33. The third-order valence-corrected chi connectivity index (χ3v) is 7.61. The average Bonchev–Trinajstić information content (AvgIpc) is 3.18. The van der Waals surface area contributed by atoms with Crippen molar-refractivity contribution in [1.29, 1.82) is 0 Å². The molecule has 1 aliphatic carbocycles. The molecule has 5 rings (SSSR count). The molecule has 6 heteroatoms. The lowest BCUT2D eigenvalue weighted by Gasteiger charge is -2.29. The molecular weight excluding hydrogens is 360 g/mol. The van der Waals surface area contributed by atoms with E-state index in [0.717, 1.165) is 28.6 Å². The van der Waals surface area contributed by atoms with Crippen molar-refractivity contribution in [2.45, 2.75) is 38.6 Å². The van der Waals surface area contributed by atoms with E-state index in [9.17, 15) is 0 Å². The molecule has 134 valence electrons. The Labute approximate surface area is 162 Å². The number of rotatable bonds is 2. The normalized spacial score (nSPS) is 20.3. The molecule has 0 radical (unpaired) electrons. The molecule has 26 heavy (non-hydrogen) atoms. The molecular formula is C20H22N4S2. The van der Waals surface area contributed by atoms with Crippen molar-refractivity contribution in [2.75, 3.05) is 23.0 Å². The van der Waals surface area contributed by atoms with Gasteiger partial charge < -0.3 is 4.90 Å². The van der Waals surface area contributed by atoms with Gasteiger partial charge in [0.1, 0.15) is 10.6 Å². The minimum Gasteiger partial charge on any atom is -0.352 e. The van der Waals surface area contributed by atoms with E-state index in [4.69, 9.17) is 9.97 Å². The van der Waals surface area contributed by atoms with Crippen LogP contribution < -0.4 is 4.90 Å². The van der Waals surface area contributed by atoms with Gasteiger partial charge >= 0.3 is 0 Å². The van der Waals surface area contributed by atoms with Gasteiger partial charge in [-0.25, -0.2) is 9.97 Å². The summed E-state index contributed by atoms with van der Waals surface area (Å²) in [4.78, 5) is 19.5. The first-order chi connectivity index (χ1) is 12.8. The Hall–Kier alpha value is -1.66. The van der Waals surface area contributed by atoms with Gasteiger partial charge in [0.05, 0.1) is 5.39 Å². The molecule has 0 bridgehead atoms. The average molecular weight is 383 g/mol. The maximum Gasteiger partial charge on any atom is 0.164 e. The van der Waals surface area contributed by atoms with Crippen LogP contribution in [0.25, 0.3) is 21.6 Å². The molecule has 1 fully saturated rings. The highest BCUT2D eigenvalue weighted by atomic mass is 32.2. The topological polar surface area (TPSA) is 41.9 Å². The predicted molar refractivity (Wildman–Crippen MR) is 111 cm³/mol. The van der Waals surface area contributed by atoms with Gasteiger partial charge in [-0.2, -0.15) is 11.8 Å². The fourth-order valence-corrected chi connectivity index (χ4v) is 6.31. The standard InChI is InChI=1S/C20H22N4S2/c1-13-7-10-25-11-9-24(13)19-17-15-5-2-6-16(15)26-20(17)23-18(22-19)14-4-3-8-21-12-14/h3-4,8,12-13H,2,5-7,9-11H2,1H3. The minimum atomic E-state index is 0.516. The fourth-order valence-electron chi connectivity index (χ4n) is 4.02. The first-order valence-electron chi connectivity index (χ1n) is 9.38. The fraction of sp³-hybridized carbons (Fsp3) is 0.450. The molecule has 3 aromatic heterocycles. The molecule has 1 unspecified atom stereocenters. The Kier molecular flexibility index (Phi) is 4.33. The Morgan fingerprint density at radius 1 is 1.19 bits per heavy atom. The number of anilines is 1. The number of nitrogens with zero attached hydrogens (tertiary/aromatic N) is 4. The van der Waals surface area contributed by atoms with Gasteiger partial charge in [-0.1, -0.05) is 0 Å². The van der Waals surface area contributed by atoms with Crippen LogP contribution in [0.15, 0.2) is 24.5 Å². The molecule has 1 aliphatic heterocycles. The highest BCUT2D eigenvalue weighted by molar-refractivity contribution is 7.99. The van der Waals surface area contributed by atoms with Crippen molar-refractivity contribution in [2.24, 2.45) is 0 Å². The van der Waals surface area contributed by atoms with E-state index in [-0.39, 0.29) is 0 Å². The number of aromatic nitrogens is 3. The van der Waals surface area contributed by atoms with Crippen LogP contribution in [-0.4, -0.2) is 39.0 Å². The molecule has 1 saturated heterocycles. The zero-order valence-corrected chi connectivity index (χ0v) is 16.6. The van der Waals surface area contributed by atoms with Gasteiger partial charge in [-0.15, -0.1) is 11.3 Å². The summed E-state index contributed by atoms with van der Waals surface area (Å²) < 4.78 is 0. The SMILES string of the molecule is CC1CCSCCN1c1nc(-c2cccnc2)nc2sc3c(c12)CCC3. The number of aryl methyl sites for hydroxylation is 2. The van der Waals surface area contributed by atoms with Gasteiger partial charge in [0.2, 0.25) is 0 Å². The number of hydrogen-bond donors (Lipinski definition) is 0. The van der Waals surface area contributed by atoms with E-state index in [2.05, 4.69) is 34.6 Å². The van der Waals surface area contributed by atoms with Gasteiger partial charge in [0.15, 0.2) is 5.82 Å². The second-order valence-corrected chi connectivity index (χ2v) is 9.40. The van der Waals surface area contributed by atoms with Crippen LogP contribution in [0.2, 0.25) is 0 Å². The number of thiophene rings is 1. The monoisotopic (exact) mass is 382 g/mol. The smallest absolute Gasteiger partial charge is 0.164 e. The number of thioether (sulfide) groups is 1. The van der Waals surface area contributed by atoms with E-state index < -0.39 is 0 Å². The minimum absolute atomic E-state index is 0.516. The van der Waals surface area contributed by atoms with Crippen LogP contribution >= 0.6 is 23.1 Å². The lowest BCUT2D eigenvalue weighted by Crippen LogP contribution is -2.34. The van der Waals surface area contributed by atoms with Crippen LogP contribution in [0.4, 0.5) is 5.82 Å². The van der Waals surface area contributed by atoms with Gasteiger partial charge in [0.25, 0.3) is 0 Å². The number of fused-ring (bicyclic) bond motifs is 3. The third-order valence-electron chi connectivity index (χ3n) is 5.43. The zero-order chi connectivity index (χ0) is 17.5. The van der Waals surface area contributed by atoms with Gasteiger partial charge in [-0.3, -0.25) is 4.98 Å². The molecule has 0 spiro atoms. The van der Waals surface area contributed by atoms with E-state index in [1.165, 1.54) is 53.0 Å². The highest BCUT2D eigenvalue weighted by Gasteiger charge is 2.27. The quantitative estimate of drug-likeness (QED) is 0.649. The Morgan fingerprint density at radius 3 is 3.04 bits per heavy atom. The maximum atomic E-state index is 5.11. The second kappa shape index (κ2) is 6.82. The molecule has 2 aliphatic rings. The van der Waals surface area contributed by atoms with Crippen LogP contribution in [0, 0.1) is 0 Å². The van der Waals surface area contributed by atoms with Crippen molar-refractivity contribution < 1.29 is 0 Å². The molecule has 4 nitrogen and oxygen atoms in total. The number of pyridine rings is 1. The largest absolute Gasteiger partial charge is 0.352 e. The highest BCUT2D eigenvalue weighted by Crippen LogP contribution is 2.42. The summed E-state index contributed by atoms with van der Waals surface area (Å²) in [6.07, 6.45) is 8.53. The Balaban J connectivity index is 1.73. The molecule has 0 N–H and O–H groups in total. The van der Waals surface area contributed by atoms with E-state index in [1.807, 2.05) is 23.6 Å². The third kappa shape index (κ3) is 2.79. The molecule has 1 atom stereocenters. The number of hydrogen-bond acceptors (Lipinski definition) is 6.